The van der Waals surface area contributed by atoms with Crippen LogP contribution in [0.4, 0.5) is 0 Å². The number of carbonyl (C=O) groups is 1. The van der Waals surface area contributed by atoms with Crippen LogP contribution in [0.15, 0.2) is 5.38 Å². The molecule has 0 spiro atoms. The van der Waals surface area contributed by atoms with Crippen molar-refractivity contribution in [1.82, 2.24) is 15.2 Å². The Morgan fingerprint density at radius 3 is 2.79 bits per heavy atom. The summed E-state index contributed by atoms with van der Waals surface area (Å²) in [5.74, 6) is 0.641. The molecule has 0 radical (unpaired) electrons. The van der Waals surface area contributed by atoms with Crippen LogP contribution in [0.2, 0.25) is 0 Å². The molecule has 1 aromatic rings. The fourth-order valence-corrected chi connectivity index (χ4v) is 4.14. The number of nitrogens with zero attached hydrogens (tertiary/aromatic N) is 2. The van der Waals surface area contributed by atoms with Crippen LogP contribution >= 0.6 is 36.2 Å². The Kier molecular flexibility index (Phi) is 10.4. The van der Waals surface area contributed by atoms with Gasteiger partial charge in [-0.3, -0.25) is 4.79 Å². The fourth-order valence-electron chi connectivity index (χ4n) is 3.35. The summed E-state index contributed by atoms with van der Waals surface area (Å²) in [6.45, 7) is 3.56. The van der Waals surface area contributed by atoms with Crippen LogP contribution in [0, 0.1) is 5.92 Å². The number of likely N-dealkylation sites (N-methyl/N-ethyl adjacent to an activating group) is 1. The summed E-state index contributed by atoms with van der Waals surface area (Å²) in [6.07, 6.45) is 5.53. The summed E-state index contributed by atoms with van der Waals surface area (Å²) >= 11 is 1.51. The van der Waals surface area contributed by atoms with Crippen molar-refractivity contribution in [3.05, 3.63) is 16.1 Å². The quantitative estimate of drug-likeness (QED) is 0.774. The molecule has 1 aliphatic rings. The van der Waals surface area contributed by atoms with Gasteiger partial charge in [0.05, 0.1) is 5.01 Å². The van der Waals surface area contributed by atoms with E-state index in [1.54, 1.807) is 0 Å². The summed E-state index contributed by atoms with van der Waals surface area (Å²) in [7, 11) is 4.23. The van der Waals surface area contributed by atoms with E-state index in [0.717, 1.165) is 24.3 Å². The Morgan fingerprint density at radius 1 is 1.50 bits per heavy atom. The standard InChI is InChI=1S/C16H28N4OS.2ClH/c1-12-5-4-7-16(9-12,20(2)3)11-18-15(21)13-10-22-14(19-13)6-8-17;;/h10,12H,4-9,11,17H2,1-3H3,(H,18,21);2*1H. The zero-order valence-corrected chi connectivity index (χ0v) is 17.2. The molecule has 0 saturated heterocycles. The molecule has 2 atom stereocenters. The minimum absolute atomic E-state index is 0. The Bertz CT molecular complexity index is 512. The Labute approximate surface area is 161 Å². The van der Waals surface area contributed by atoms with Gasteiger partial charge in [0.2, 0.25) is 0 Å². The predicted molar refractivity (Wildman–Crippen MR) is 106 cm³/mol. The second-order valence-electron chi connectivity index (χ2n) is 6.67. The van der Waals surface area contributed by atoms with Gasteiger partial charge in [-0.25, -0.2) is 4.98 Å². The Balaban J connectivity index is 0.00000264. The molecule has 1 aromatic heterocycles. The van der Waals surface area contributed by atoms with Gasteiger partial charge in [-0.05, 0) is 39.4 Å². The van der Waals surface area contributed by atoms with Gasteiger partial charge in [-0.15, -0.1) is 36.2 Å². The largest absolute Gasteiger partial charge is 0.349 e. The number of halogens is 2. The van der Waals surface area contributed by atoms with Crippen molar-refractivity contribution in [2.24, 2.45) is 11.7 Å². The van der Waals surface area contributed by atoms with Gasteiger partial charge >= 0.3 is 0 Å². The third kappa shape index (κ3) is 5.85. The SMILES string of the molecule is CC1CCCC(CNC(=O)c2csc(CCN)n2)(N(C)C)C1.Cl.Cl. The summed E-state index contributed by atoms with van der Waals surface area (Å²) in [6, 6.07) is 0. The number of carbonyl (C=O) groups excluding carboxylic acids is 1. The van der Waals surface area contributed by atoms with E-state index in [9.17, 15) is 4.79 Å². The molecule has 24 heavy (non-hydrogen) atoms. The van der Waals surface area contributed by atoms with Gasteiger partial charge in [0.1, 0.15) is 5.69 Å². The third-order valence-corrected chi connectivity index (χ3v) is 5.65. The molecule has 2 rings (SSSR count). The van der Waals surface area contributed by atoms with Gasteiger partial charge in [-0.2, -0.15) is 0 Å². The van der Waals surface area contributed by atoms with Crippen molar-refractivity contribution in [3.8, 4) is 0 Å². The molecule has 0 aromatic carbocycles. The molecule has 140 valence electrons. The first kappa shape index (κ1) is 23.6. The first-order valence-electron chi connectivity index (χ1n) is 8.07. The lowest BCUT2D eigenvalue weighted by Crippen LogP contribution is -2.55. The monoisotopic (exact) mass is 396 g/mol. The molecule has 1 heterocycles. The van der Waals surface area contributed by atoms with Gasteiger partial charge in [0, 0.05) is 23.9 Å². The maximum absolute atomic E-state index is 12.3. The Morgan fingerprint density at radius 2 is 2.21 bits per heavy atom. The summed E-state index contributed by atoms with van der Waals surface area (Å²) < 4.78 is 0. The van der Waals surface area contributed by atoms with Crippen LogP contribution in [0.25, 0.3) is 0 Å². The second kappa shape index (κ2) is 10.6. The van der Waals surface area contributed by atoms with E-state index in [0.29, 0.717) is 24.7 Å². The number of nitrogens with two attached hydrogens (primary N) is 1. The van der Waals surface area contributed by atoms with Gasteiger partial charge < -0.3 is 16.0 Å². The molecule has 3 N–H and O–H groups in total. The number of aromatic nitrogens is 1. The van der Waals surface area contributed by atoms with E-state index in [-0.39, 0.29) is 36.3 Å². The third-order valence-electron chi connectivity index (χ3n) is 4.74. The van der Waals surface area contributed by atoms with E-state index >= 15 is 0 Å². The lowest BCUT2D eigenvalue weighted by Gasteiger charge is -2.45. The maximum atomic E-state index is 12.3. The van der Waals surface area contributed by atoms with Crippen molar-refractivity contribution in [2.75, 3.05) is 27.2 Å². The summed E-state index contributed by atoms with van der Waals surface area (Å²) in [4.78, 5) is 19.0. The van der Waals surface area contributed by atoms with Crippen molar-refractivity contribution in [3.63, 3.8) is 0 Å². The normalized spacial score (nSPS) is 23.3. The smallest absolute Gasteiger partial charge is 0.270 e. The maximum Gasteiger partial charge on any atom is 0.270 e. The van der Waals surface area contributed by atoms with Crippen molar-refractivity contribution >= 4 is 42.1 Å². The molecule has 0 aliphatic heterocycles. The molecule has 1 aliphatic carbocycles. The van der Waals surface area contributed by atoms with Crippen LogP contribution in [-0.4, -0.2) is 48.5 Å². The lowest BCUT2D eigenvalue weighted by molar-refractivity contribution is 0.0673. The van der Waals surface area contributed by atoms with Gasteiger partial charge in [0.15, 0.2) is 0 Å². The predicted octanol–water partition coefficient (Wildman–Crippen LogP) is 2.73. The van der Waals surface area contributed by atoms with Crippen molar-refractivity contribution in [1.29, 1.82) is 0 Å². The highest BCUT2D eigenvalue weighted by Gasteiger charge is 2.37. The van der Waals surface area contributed by atoms with Crippen LogP contribution in [0.3, 0.4) is 0 Å². The molecule has 8 heteroatoms. The highest BCUT2D eigenvalue weighted by molar-refractivity contribution is 7.09. The molecule has 1 saturated carbocycles. The summed E-state index contributed by atoms with van der Waals surface area (Å²) in [5, 5.41) is 5.86. The fraction of sp³-hybridized carbons (Fsp3) is 0.750. The van der Waals surface area contributed by atoms with E-state index in [4.69, 9.17) is 5.73 Å². The topological polar surface area (TPSA) is 71.2 Å². The zero-order valence-electron chi connectivity index (χ0n) is 14.7. The van der Waals surface area contributed by atoms with Crippen molar-refractivity contribution < 1.29 is 4.79 Å². The van der Waals surface area contributed by atoms with Crippen LogP contribution in [0.1, 0.15) is 48.1 Å². The average molecular weight is 397 g/mol. The second-order valence-corrected chi connectivity index (χ2v) is 7.61. The number of thiazole rings is 1. The molecule has 2 unspecified atom stereocenters. The summed E-state index contributed by atoms with van der Waals surface area (Å²) in [5.41, 5.74) is 6.12. The molecule has 1 amide bonds. The first-order chi connectivity index (χ1) is 10.5. The molecular weight excluding hydrogens is 367 g/mol. The van der Waals surface area contributed by atoms with E-state index in [2.05, 4.69) is 36.2 Å². The number of hydrogen-bond acceptors (Lipinski definition) is 5. The molecular formula is C16H30Cl2N4OS. The minimum Gasteiger partial charge on any atom is -0.349 e. The number of amides is 1. The highest BCUT2D eigenvalue weighted by Crippen LogP contribution is 2.35. The number of nitrogens with one attached hydrogen (secondary N) is 1. The molecule has 5 nitrogen and oxygen atoms in total. The van der Waals surface area contributed by atoms with Crippen molar-refractivity contribution in [2.45, 2.75) is 44.6 Å². The van der Waals surface area contributed by atoms with E-state index in [1.807, 2.05) is 5.38 Å². The Hall–Kier alpha value is -0.400. The highest BCUT2D eigenvalue weighted by atomic mass is 35.5. The molecule has 1 fully saturated rings. The van der Waals surface area contributed by atoms with Gasteiger partial charge in [0.25, 0.3) is 5.91 Å². The first-order valence-corrected chi connectivity index (χ1v) is 8.95. The minimum atomic E-state index is -0.0704. The molecule has 0 bridgehead atoms. The van der Waals surface area contributed by atoms with Gasteiger partial charge in [-0.1, -0.05) is 19.8 Å². The van der Waals surface area contributed by atoms with E-state index in [1.165, 1.54) is 24.2 Å². The zero-order chi connectivity index (χ0) is 16.2. The van der Waals surface area contributed by atoms with Crippen LogP contribution in [0.5, 0.6) is 0 Å². The van der Waals surface area contributed by atoms with E-state index < -0.39 is 0 Å². The van der Waals surface area contributed by atoms with Crippen LogP contribution < -0.4 is 11.1 Å². The lowest BCUT2D eigenvalue weighted by atomic mass is 9.75. The van der Waals surface area contributed by atoms with Crippen LogP contribution in [-0.2, 0) is 6.42 Å². The number of rotatable bonds is 6. The average Bonchev–Trinajstić information content (AvgIpc) is 2.94. The number of hydrogen-bond donors (Lipinski definition) is 2.